The number of aliphatic hydroxyl groups is 1. The number of allylic oxidation sites excluding steroid dienone is 3. The Labute approximate surface area is 342 Å². The van der Waals surface area contributed by atoms with E-state index >= 15 is 0 Å². The summed E-state index contributed by atoms with van der Waals surface area (Å²) in [4.78, 5) is 57.9. The maximum atomic E-state index is 14.2. The van der Waals surface area contributed by atoms with E-state index in [-0.39, 0.29) is 31.1 Å². The SMILES string of the molecule is CO[C@@H]1/C=C/C=C(\C)Cc2cc(C)c(Cl)c(c2)N(C)C(=O)C[C@H](OC(=O)[C@H](C)N(C)C(=O)c2ccc(CC(C)C)cc2C)[C@]2(C)O[C@H]2[C@H](C)[C@@H]2C[C@@]1(O)CC(=O)O2. The molecule has 12 heteroatoms. The molecule has 2 aromatic carbocycles. The summed E-state index contributed by atoms with van der Waals surface area (Å²) in [6.45, 7) is 15.2. The van der Waals surface area contributed by atoms with Gasteiger partial charge in [-0.2, -0.15) is 0 Å². The monoisotopic (exact) mass is 806 g/mol. The maximum absolute atomic E-state index is 14.2. The van der Waals surface area contributed by atoms with Gasteiger partial charge in [0.1, 0.15) is 35.6 Å². The highest BCUT2D eigenvalue weighted by molar-refractivity contribution is 6.34. The third kappa shape index (κ3) is 9.65. The first-order valence-electron chi connectivity index (χ1n) is 19.8. The smallest absolute Gasteiger partial charge is 0.328 e. The Morgan fingerprint density at radius 3 is 2.46 bits per heavy atom. The molecule has 0 radical (unpaired) electrons. The molecule has 57 heavy (non-hydrogen) atoms. The van der Waals surface area contributed by atoms with Crippen LogP contribution in [-0.4, -0.2) is 96.6 Å². The van der Waals surface area contributed by atoms with Gasteiger partial charge in [0.05, 0.1) is 29.7 Å². The number of methoxy groups -OCH3 is 1. The fourth-order valence-electron chi connectivity index (χ4n) is 8.22. The minimum absolute atomic E-state index is 0.0684. The molecular formula is C45H59ClN2O9. The van der Waals surface area contributed by atoms with Crippen LogP contribution in [-0.2, 0) is 46.2 Å². The zero-order valence-corrected chi connectivity index (χ0v) is 35.9. The second kappa shape index (κ2) is 17.4. The van der Waals surface area contributed by atoms with Crippen LogP contribution in [0.2, 0.25) is 5.02 Å². The van der Waals surface area contributed by atoms with Crippen molar-refractivity contribution in [2.75, 3.05) is 26.1 Å². The van der Waals surface area contributed by atoms with Crippen molar-refractivity contribution in [3.8, 4) is 0 Å². The van der Waals surface area contributed by atoms with Crippen molar-refractivity contribution in [3.05, 3.63) is 87.0 Å². The number of carbonyl (C=O) groups is 4. The van der Waals surface area contributed by atoms with Crippen LogP contribution in [0.5, 0.6) is 0 Å². The summed E-state index contributed by atoms with van der Waals surface area (Å²) in [7, 11) is 4.67. The van der Waals surface area contributed by atoms with Crippen LogP contribution in [0.25, 0.3) is 0 Å². The Bertz CT molecular complexity index is 1940. The van der Waals surface area contributed by atoms with Crippen LogP contribution in [0.1, 0.15) is 93.4 Å². The average molecular weight is 807 g/mol. The Kier molecular flexibility index (Phi) is 13.5. The number of nitrogens with zero attached hydrogens (tertiary/aromatic N) is 2. The lowest BCUT2D eigenvalue weighted by atomic mass is 9.78. The molecule has 0 aliphatic carbocycles. The normalized spacial score (nSPS) is 30.1. The van der Waals surface area contributed by atoms with E-state index in [1.54, 1.807) is 40.1 Å². The Balaban J connectivity index is 1.49. The number of ether oxygens (including phenoxy) is 4. The van der Waals surface area contributed by atoms with Gasteiger partial charge in [0.15, 0.2) is 0 Å². The van der Waals surface area contributed by atoms with Gasteiger partial charge in [-0.3, -0.25) is 14.4 Å². The van der Waals surface area contributed by atoms with Gasteiger partial charge >= 0.3 is 11.9 Å². The van der Waals surface area contributed by atoms with E-state index in [4.69, 9.17) is 30.5 Å². The van der Waals surface area contributed by atoms with Crippen LogP contribution < -0.4 is 4.90 Å². The molecule has 0 aromatic heterocycles. The zero-order chi connectivity index (χ0) is 42.1. The van der Waals surface area contributed by atoms with Gasteiger partial charge in [-0.1, -0.05) is 74.4 Å². The zero-order valence-electron chi connectivity index (χ0n) is 35.2. The minimum atomic E-state index is -1.57. The van der Waals surface area contributed by atoms with Crippen molar-refractivity contribution in [1.29, 1.82) is 0 Å². The molecule has 2 amide bonds. The molecule has 2 fully saturated rings. The molecule has 2 saturated heterocycles. The first-order valence-corrected chi connectivity index (χ1v) is 20.2. The number of rotatable bonds is 7. The van der Waals surface area contributed by atoms with Crippen LogP contribution >= 0.6 is 11.6 Å². The molecule has 8 atom stereocenters. The maximum Gasteiger partial charge on any atom is 0.328 e. The van der Waals surface area contributed by atoms with Crippen molar-refractivity contribution < 1.29 is 43.2 Å². The summed E-state index contributed by atoms with van der Waals surface area (Å²) in [6, 6.07) is 8.55. The van der Waals surface area contributed by atoms with E-state index in [0.717, 1.165) is 34.2 Å². The molecule has 0 spiro atoms. The second-order valence-electron chi connectivity index (χ2n) is 17.0. The number of carbonyl (C=O) groups excluding carboxylic acids is 4. The van der Waals surface area contributed by atoms with Crippen molar-refractivity contribution in [2.24, 2.45) is 11.8 Å². The first kappa shape index (κ1) is 44.1. The summed E-state index contributed by atoms with van der Waals surface area (Å²) < 4.78 is 24.1. The second-order valence-corrected chi connectivity index (χ2v) is 17.4. The molecule has 3 aliphatic heterocycles. The highest BCUT2D eigenvalue weighted by Crippen LogP contribution is 2.49. The summed E-state index contributed by atoms with van der Waals surface area (Å²) in [6.07, 6.45) is 3.10. The molecule has 3 heterocycles. The van der Waals surface area contributed by atoms with Crippen LogP contribution in [0, 0.1) is 25.7 Å². The van der Waals surface area contributed by atoms with E-state index in [1.165, 1.54) is 16.9 Å². The van der Waals surface area contributed by atoms with Crippen molar-refractivity contribution in [2.45, 2.75) is 129 Å². The third-order valence-corrected chi connectivity index (χ3v) is 12.4. The number of likely N-dealkylation sites (N-methyl/N-ethyl adjacent to an activating group) is 1. The number of hydrogen-bond acceptors (Lipinski definition) is 9. The minimum Gasteiger partial charge on any atom is -0.462 e. The van der Waals surface area contributed by atoms with Crippen LogP contribution in [0.15, 0.2) is 54.1 Å². The predicted octanol–water partition coefficient (Wildman–Crippen LogP) is 6.88. The largest absolute Gasteiger partial charge is 0.462 e. The van der Waals surface area contributed by atoms with Gasteiger partial charge in [-0.05, 0) is 87.8 Å². The van der Waals surface area contributed by atoms with Crippen molar-refractivity contribution >= 4 is 41.0 Å². The number of amides is 2. The highest BCUT2D eigenvalue weighted by atomic mass is 35.5. The van der Waals surface area contributed by atoms with E-state index in [2.05, 4.69) is 13.8 Å². The molecule has 0 saturated carbocycles. The molecule has 3 aliphatic rings. The fraction of sp³-hybridized carbons (Fsp3) is 0.556. The number of halogens is 1. The van der Waals surface area contributed by atoms with Gasteiger partial charge < -0.3 is 33.9 Å². The summed E-state index contributed by atoms with van der Waals surface area (Å²) >= 11 is 6.82. The quantitative estimate of drug-likeness (QED) is 0.235. The standard InChI is InChI=1S/C45H59ClN2O9/c1-25(2)17-31-15-16-33(27(4)19-31)42(51)47(9)30(7)43(52)56-37-22-38(49)48(10)34-21-32(20-28(5)40(34)46)18-26(3)13-12-14-36(54-11)45(53)23-35(55-39(50)24-45)29(6)41-44(37,8)57-41/h12-16,19-21,25,29-30,35-37,41,53H,17-18,22-24H2,1-11H3/b14-12+,26-13+/t29-,30+,35+,36-,37+,41+,44+,45-/m1/s1. The van der Waals surface area contributed by atoms with Crippen LogP contribution in [0.4, 0.5) is 5.69 Å². The Morgan fingerprint density at radius 2 is 1.81 bits per heavy atom. The molecule has 5 rings (SSSR count). The lowest BCUT2D eigenvalue weighted by Crippen LogP contribution is -2.53. The van der Waals surface area contributed by atoms with Crippen molar-refractivity contribution in [1.82, 2.24) is 4.90 Å². The predicted molar refractivity (Wildman–Crippen MR) is 219 cm³/mol. The summed E-state index contributed by atoms with van der Waals surface area (Å²) in [5.41, 5.74) is 2.87. The fourth-order valence-corrected chi connectivity index (χ4v) is 8.46. The number of aryl methyl sites for hydroxylation is 2. The molecule has 0 unspecified atom stereocenters. The lowest BCUT2D eigenvalue weighted by Gasteiger charge is -2.41. The number of hydrogen-bond donors (Lipinski definition) is 1. The molecule has 11 nitrogen and oxygen atoms in total. The number of anilines is 1. The number of fused-ring (bicyclic) bond motifs is 5. The van der Waals surface area contributed by atoms with Gasteiger partial charge in [0.25, 0.3) is 5.91 Å². The Morgan fingerprint density at radius 1 is 1.11 bits per heavy atom. The molecule has 4 bridgehead atoms. The van der Waals surface area contributed by atoms with E-state index in [9.17, 15) is 24.3 Å². The average Bonchev–Trinajstić information content (AvgIpc) is 3.83. The van der Waals surface area contributed by atoms with Crippen molar-refractivity contribution in [3.63, 3.8) is 0 Å². The van der Waals surface area contributed by atoms with Gasteiger partial charge in [0, 0.05) is 39.1 Å². The summed E-state index contributed by atoms with van der Waals surface area (Å²) in [5, 5.41) is 12.3. The third-order valence-electron chi connectivity index (χ3n) is 11.9. The first-order chi connectivity index (χ1) is 26.7. The number of esters is 2. The van der Waals surface area contributed by atoms with Gasteiger partial charge in [0.2, 0.25) is 5.91 Å². The highest BCUT2D eigenvalue weighted by Gasteiger charge is 2.64. The topological polar surface area (TPSA) is 135 Å². The van der Waals surface area contributed by atoms with Crippen LogP contribution in [0.3, 0.4) is 0 Å². The molecular weight excluding hydrogens is 748 g/mol. The van der Waals surface area contributed by atoms with E-state index in [0.29, 0.717) is 28.6 Å². The summed E-state index contributed by atoms with van der Waals surface area (Å²) in [5.74, 6) is -2.03. The van der Waals surface area contributed by atoms with E-state index in [1.807, 2.05) is 64.1 Å². The Hall–Kier alpha value is -4.03. The van der Waals surface area contributed by atoms with Gasteiger partial charge in [-0.15, -0.1) is 0 Å². The lowest BCUT2D eigenvalue weighted by molar-refractivity contribution is -0.187. The number of epoxide rings is 1. The molecule has 310 valence electrons. The molecule has 2 aromatic rings. The van der Waals surface area contributed by atoms with Gasteiger partial charge in [-0.25, -0.2) is 4.79 Å². The molecule has 1 N–H and O–H groups in total. The van der Waals surface area contributed by atoms with E-state index < -0.39 is 59.5 Å². The number of benzene rings is 2.